The number of aryl methyl sites for hydroxylation is 1. The fourth-order valence-electron chi connectivity index (χ4n) is 3.33. The van der Waals surface area contributed by atoms with E-state index in [0.717, 1.165) is 29.3 Å². The Kier molecular flexibility index (Phi) is 7.58. The molecule has 0 bridgehead atoms. The fourth-order valence-corrected chi connectivity index (χ4v) is 4.77. The van der Waals surface area contributed by atoms with Crippen LogP contribution in [0.25, 0.3) is 0 Å². The van der Waals surface area contributed by atoms with Gasteiger partial charge >= 0.3 is 0 Å². The Hall–Kier alpha value is -2.28. The summed E-state index contributed by atoms with van der Waals surface area (Å²) in [4.78, 5) is 0.419. The van der Waals surface area contributed by atoms with E-state index in [9.17, 15) is 18.1 Å². The summed E-state index contributed by atoms with van der Waals surface area (Å²) in [5.41, 5.74) is 1.69. The van der Waals surface area contributed by atoms with Crippen LogP contribution < -0.4 is 4.31 Å². The molecule has 0 heterocycles. The van der Waals surface area contributed by atoms with Crippen molar-refractivity contribution in [2.45, 2.75) is 30.7 Å². The minimum absolute atomic E-state index is 0.0433. The van der Waals surface area contributed by atoms with Gasteiger partial charge in [-0.3, -0.25) is 4.31 Å². The lowest BCUT2D eigenvalue weighted by Crippen LogP contribution is -2.30. The summed E-state index contributed by atoms with van der Waals surface area (Å²) in [7, 11) is -1.82. The van der Waals surface area contributed by atoms with Crippen molar-refractivity contribution >= 4 is 28.3 Å². The molecule has 2 atom stereocenters. The van der Waals surface area contributed by atoms with Crippen molar-refractivity contribution in [3.05, 3.63) is 94.5 Å². The summed E-state index contributed by atoms with van der Waals surface area (Å²) in [6.07, 6.45) is 1.18. The lowest BCUT2D eigenvalue weighted by molar-refractivity contribution is 0.288. The molecule has 0 radical (unpaired) electrons. The van der Waals surface area contributed by atoms with Gasteiger partial charge in [0.1, 0.15) is 11.6 Å². The first-order valence-corrected chi connectivity index (χ1v) is 11.0. The van der Waals surface area contributed by atoms with Crippen LogP contribution in [-0.2, 0) is 17.4 Å². The molecule has 0 spiro atoms. The summed E-state index contributed by atoms with van der Waals surface area (Å²) in [6.45, 7) is 1.84. The van der Waals surface area contributed by atoms with Crippen LogP contribution in [0, 0.1) is 11.6 Å². The zero-order valence-corrected chi connectivity index (χ0v) is 18.0. The Morgan fingerprint density at radius 1 is 1.07 bits per heavy atom. The Morgan fingerprint density at radius 3 is 2.47 bits per heavy atom. The van der Waals surface area contributed by atoms with Gasteiger partial charge in [-0.2, -0.15) is 0 Å². The molecule has 3 aromatic rings. The molecule has 3 rings (SSSR count). The smallest absolute Gasteiger partial charge is 0.153 e. The minimum atomic E-state index is -1.82. The first-order valence-electron chi connectivity index (χ1n) is 9.52. The Balaban J connectivity index is 2.11. The minimum Gasteiger partial charge on any atom is -0.396 e. The molecular formula is C23H22ClF2NO2S. The highest BCUT2D eigenvalue weighted by Gasteiger charge is 2.28. The molecule has 0 aliphatic rings. The molecule has 3 aromatic carbocycles. The highest BCUT2D eigenvalue weighted by Crippen LogP contribution is 2.35. The molecule has 0 aliphatic heterocycles. The summed E-state index contributed by atoms with van der Waals surface area (Å²) < 4.78 is 43.6. The third-order valence-corrected chi connectivity index (χ3v) is 6.60. The maximum atomic E-state index is 14.7. The van der Waals surface area contributed by atoms with Crippen molar-refractivity contribution in [2.75, 3.05) is 10.9 Å². The lowest BCUT2D eigenvalue weighted by atomic mass is 9.97. The molecule has 3 nitrogen and oxygen atoms in total. The third kappa shape index (κ3) is 5.06. The number of halogens is 3. The normalized spacial score (nSPS) is 13.1. The van der Waals surface area contributed by atoms with Crippen LogP contribution in [-0.4, -0.2) is 15.9 Å². The van der Waals surface area contributed by atoms with Crippen LogP contribution in [0.4, 0.5) is 14.5 Å². The second kappa shape index (κ2) is 10.2. The van der Waals surface area contributed by atoms with Gasteiger partial charge in [-0.25, -0.2) is 13.0 Å². The van der Waals surface area contributed by atoms with E-state index in [1.54, 1.807) is 31.2 Å². The van der Waals surface area contributed by atoms with Crippen molar-refractivity contribution in [1.29, 1.82) is 0 Å². The van der Waals surface area contributed by atoms with E-state index in [2.05, 4.69) is 0 Å². The van der Waals surface area contributed by atoms with E-state index in [4.69, 9.17) is 11.6 Å². The molecule has 0 aromatic heterocycles. The van der Waals surface area contributed by atoms with Crippen LogP contribution in [0.2, 0.25) is 5.02 Å². The molecule has 0 saturated carbocycles. The predicted molar refractivity (Wildman–Crippen MR) is 117 cm³/mol. The number of aliphatic hydroxyl groups is 1. The zero-order chi connectivity index (χ0) is 21.7. The quantitative estimate of drug-likeness (QED) is 0.469. The highest BCUT2D eigenvalue weighted by atomic mass is 35.5. The van der Waals surface area contributed by atoms with Gasteiger partial charge in [0.2, 0.25) is 0 Å². The molecule has 7 heteroatoms. The van der Waals surface area contributed by atoms with Crippen molar-refractivity contribution in [3.63, 3.8) is 0 Å². The monoisotopic (exact) mass is 449 g/mol. The standard InChI is InChI=1S/C23H22ClF2NO2S/c1-16(21-7-3-2-5-17(21)6-4-14-28)27(23-15-19(25)10-13-22(23)26)30(29)20-11-8-18(24)9-12-20/h2-3,5,7-13,15-16,28H,4,6,14H2,1H3/t16-,30?/m1/s1. The number of rotatable bonds is 8. The van der Waals surface area contributed by atoms with Crippen molar-refractivity contribution < 1.29 is 18.1 Å². The summed E-state index contributed by atoms with van der Waals surface area (Å²) in [5, 5.41) is 9.70. The molecule has 0 saturated heterocycles. The van der Waals surface area contributed by atoms with E-state index in [-0.39, 0.29) is 12.3 Å². The van der Waals surface area contributed by atoms with Crippen molar-refractivity contribution in [1.82, 2.24) is 0 Å². The number of hydrogen-bond donors (Lipinski definition) is 1. The summed E-state index contributed by atoms with van der Waals surface area (Å²) in [6, 6.07) is 16.5. The van der Waals surface area contributed by atoms with Gasteiger partial charge in [0, 0.05) is 17.7 Å². The molecule has 0 aliphatic carbocycles. The second-order valence-corrected chi connectivity index (χ2v) is 8.63. The van der Waals surface area contributed by atoms with Crippen LogP contribution in [0.5, 0.6) is 0 Å². The van der Waals surface area contributed by atoms with E-state index in [1.165, 1.54) is 4.31 Å². The van der Waals surface area contributed by atoms with Gasteiger partial charge in [0.15, 0.2) is 11.0 Å². The first kappa shape index (κ1) is 22.4. The molecule has 158 valence electrons. The number of benzene rings is 3. The number of aliphatic hydroxyl groups excluding tert-OH is 1. The molecule has 1 unspecified atom stereocenters. The number of nitrogens with zero attached hydrogens (tertiary/aromatic N) is 1. The summed E-state index contributed by atoms with van der Waals surface area (Å²) >= 11 is 5.94. The lowest BCUT2D eigenvalue weighted by Gasteiger charge is -2.31. The fraction of sp³-hybridized carbons (Fsp3) is 0.217. The van der Waals surface area contributed by atoms with Crippen LogP contribution >= 0.6 is 11.6 Å². The van der Waals surface area contributed by atoms with E-state index >= 15 is 0 Å². The first-order chi connectivity index (χ1) is 14.4. The molecular weight excluding hydrogens is 428 g/mol. The maximum Gasteiger partial charge on any atom is 0.153 e. The van der Waals surface area contributed by atoms with E-state index < -0.39 is 28.7 Å². The second-order valence-electron chi connectivity index (χ2n) is 6.83. The van der Waals surface area contributed by atoms with Crippen LogP contribution in [0.1, 0.15) is 30.5 Å². The summed E-state index contributed by atoms with van der Waals surface area (Å²) in [5.74, 6) is -1.29. The average Bonchev–Trinajstić information content (AvgIpc) is 2.75. The van der Waals surface area contributed by atoms with Gasteiger partial charge in [0.25, 0.3) is 0 Å². The molecule has 1 N–H and O–H groups in total. The number of hydrogen-bond acceptors (Lipinski definition) is 2. The Morgan fingerprint density at radius 2 is 1.77 bits per heavy atom. The predicted octanol–water partition coefficient (Wildman–Crippen LogP) is 5.83. The molecule has 0 fully saturated rings. The van der Waals surface area contributed by atoms with Gasteiger partial charge in [0.05, 0.1) is 16.6 Å². The highest BCUT2D eigenvalue weighted by molar-refractivity contribution is 7.86. The van der Waals surface area contributed by atoms with Gasteiger partial charge in [-0.1, -0.05) is 35.9 Å². The van der Waals surface area contributed by atoms with Gasteiger partial charge < -0.3 is 5.11 Å². The van der Waals surface area contributed by atoms with Gasteiger partial charge in [-0.15, -0.1) is 0 Å². The van der Waals surface area contributed by atoms with Gasteiger partial charge in [-0.05, 0) is 67.3 Å². The largest absolute Gasteiger partial charge is 0.396 e. The van der Waals surface area contributed by atoms with Crippen LogP contribution in [0.15, 0.2) is 71.6 Å². The third-order valence-electron chi connectivity index (χ3n) is 4.80. The van der Waals surface area contributed by atoms with E-state index in [1.807, 2.05) is 24.3 Å². The van der Waals surface area contributed by atoms with Crippen LogP contribution in [0.3, 0.4) is 0 Å². The molecule has 0 amide bonds. The van der Waals surface area contributed by atoms with Crippen molar-refractivity contribution in [2.24, 2.45) is 0 Å². The maximum absolute atomic E-state index is 14.7. The van der Waals surface area contributed by atoms with Crippen molar-refractivity contribution in [3.8, 4) is 0 Å². The SMILES string of the molecule is C[C@H](c1ccccc1CCCO)N(c1cc(F)ccc1F)S(=O)c1ccc(Cl)cc1. The zero-order valence-electron chi connectivity index (χ0n) is 16.4. The average molecular weight is 450 g/mol. The number of anilines is 1. The topological polar surface area (TPSA) is 40.5 Å². The molecule has 30 heavy (non-hydrogen) atoms. The Bertz CT molecular complexity index is 1030. The Labute approximate surface area is 182 Å². The van der Waals surface area contributed by atoms with E-state index in [0.29, 0.717) is 22.8 Å².